The Morgan fingerprint density at radius 2 is 2.08 bits per heavy atom. The number of hydrogen-bond donors (Lipinski definition) is 2. The number of nitrogens with one attached hydrogen (secondary N) is 2. The number of fused-ring (bicyclic) bond motifs is 1. The first-order valence-electron chi connectivity index (χ1n) is 8.64. The van der Waals surface area contributed by atoms with Gasteiger partial charge in [-0.25, -0.2) is 0 Å². The molecule has 6 nitrogen and oxygen atoms in total. The first-order chi connectivity index (χ1) is 12.4. The van der Waals surface area contributed by atoms with Crippen molar-refractivity contribution in [2.75, 3.05) is 13.2 Å². The highest BCUT2D eigenvalue weighted by molar-refractivity contribution is 7.20. The SMILES string of the molecule is CC(C)C[C@H](N[C@H]1COCC1=O)C(=O)NC(=O)c1cc2ccccc2s1. The molecule has 1 saturated heterocycles. The summed E-state index contributed by atoms with van der Waals surface area (Å²) < 4.78 is 6.13. The van der Waals surface area contributed by atoms with Crippen molar-refractivity contribution in [2.45, 2.75) is 32.4 Å². The Balaban J connectivity index is 1.69. The molecule has 0 spiro atoms. The van der Waals surface area contributed by atoms with E-state index < -0.39 is 23.9 Å². The fourth-order valence-corrected chi connectivity index (χ4v) is 3.89. The maximum Gasteiger partial charge on any atom is 0.267 e. The molecule has 0 radical (unpaired) electrons. The van der Waals surface area contributed by atoms with Gasteiger partial charge in [-0.15, -0.1) is 11.3 Å². The Bertz CT molecular complexity index is 797. The standard InChI is InChI=1S/C19H22N2O4S/c1-11(2)7-13(20-14-9-25-10-15(14)22)18(23)21-19(24)17-8-12-5-3-4-6-16(12)26-17/h3-6,8,11,13-14,20H,7,9-10H2,1-2H3,(H,21,23,24)/t13-,14-/m0/s1. The van der Waals surface area contributed by atoms with Crippen LogP contribution in [0.25, 0.3) is 10.1 Å². The summed E-state index contributed by atoms with van der Waals surface area (Å²) in [6, 6.07) is 8.35. The molecule has 2 aromatic rings. The van der Waals surface area contributed by atoms with E-state index in [1.54, 1.807) is 6.07 Å². The number of carbonyl (C=O) groups is 3. The van der Waals surface area contributed by atoms with E-state index in [-0.39, 0.29) is 24.9 Å². The van der Waals surface area contributed by atoms with Crippen LogP contribution in [0.4, 0.5) is 0 Å². The van der Waals surface area contributed by atoms with Crippen molar-refractivity contribution in [1.29, 1.82) is 0 Å². The normalized spacial score (nSPS) is 18.4. The predicted octanol–water partition coefficient (Wildman–Crippen LogP) is 2.13. The van der Waals surface area contributed by atoms with Gasteiger partial charge in [-0.2, -0.15) is 0 Å². The summed E-state index contributed by atoms with van der Waals surface area (Å²) in [6.45, 7) is 4.30. The molecule has 0 bridgehead atoms. The number of carbonyl (C=O) groups excluding carboxylic acids is 3. The number of hydrogen-bond acceptors (Lipinski definition) is 6. The van der Waals surface area contributed by atoms with Crippen LogP contribution >= 0.6 is 11.3 Å². The highest BCUT2D eigenvalue weighted by Gasteiger charge is 2.31. The second-order valence-corrected chi connectivity index (χ2v) is 7.93. The molecule has 7 heteroatoms. The molecule has 3 rings (SSSR count). The third-order valence-corrected chi connectivity index (χ3v) is 5.34. The molecule has 1 aromatic carbocycles. The number of Topliss-reactive ketones (excluding diaryl/α,β-unsaturated/α-hetero) is 1. The Morgan fingerprint density at radius 1 is 1.31 bits per heavy atom. The number of ether oxygens (including phenoxy) is 1. The van der Waals surface area contributed by atoms with Gasteiger partial charge in [-0.3, -0.25) is 25.0 Å². The summed E-state index contributed by atoms with van der Waals surface area (Å²) in [5.41, 5.74) is 0. The van der Waals surface area contributed by atoms with Gasteiger partial charge in [0.25, 0.3) is 5.91 Å². The highest BCUT2D eigenvalue weighted by atomic mass is 32.1. The van der Waals surface area contributed by atoms with Crippen molar-refractivity contribution < 1.29 is 19.1 Å². The molecule has 0 aliphatic carbocycles. The van der Waals surface area contributed by atoms with Gasteiger partial charge in [0, 0.05) is 4.70 Å². The third-order valence-electron chi connectivity index (χ3n) is 4.23. The first kappa shape index (κ1) is 18.7. The van der Waals surface area contributed by atoms with Gasteiger partial charge in [-0.1, -0.05) is 32.0 Å². The summed E-state index contributed by atoms with van der Waals surface area (Å²) in [6.07, 6.45) is 0.523. The van der Waals surface area contributed by atoms with Crippen LogP contribution in [0.15, 0.2) is 30.3 Å². The lowest BCUT2D eigenvalue weighted by Crippen LogP contribution is -2.52. The quantitative estimate of drug-likeness (QED) is 0.809. The fraction of sp³-hybridized carbons (Fsp3) is 0.421. The topological polar surface area (TPSA) is 84.5 Å². The highest BCUT2D eigenvalue weighted by Crippen LogP contribution is 2.25. The molecule has 26 heavy (non-hydrogen) atoms. The summed E-state index contributed by atoms with van der Waals surface area (Å²) in [7, 11) is 0. The smallest absolute Gasteiger partial charge is 0.267 e. The third kappa shape index (κ3) is 4.35. The van der Waals surface area contributed by atoms with Crippen molar-refractivity contribution in [2.24, 2.45) is 5.92 Å². The van der Waals surface area contributed by atoms with Crippen LogP contribution in [0.5, 0.6) is 0 Å². The summed E-state index contributed by atoms with van der Waals surface area (Å²) in [4.78, 5) is 37.4. The summed E-state index contributed by atoms with van der Waals surface area (Å²) >= 11 is 1.35. The summed E-state index contributed by atoms with van der Waals surface area (Å²) in [5.74, 6) is -0.667. The van der Waals surface area contributed by atoms with Gasteiger partial charge >= 0.3 is 0 Å². The number of imide groups is 1. The maximum atomic E-state index is 12.6. The van der Waals surface area contributed by atoms with Crippen molar-refractivity contribution in [3.05, 3.63) is 35.2 Å². The Labute approximate surface area is 155 Å². The monoisotopic (exact) mass is 374 g/mol. The molecule has 2 atom stereocenters. The number of rotatable bonds is 6. The molecule has 1 aromatic heterocycles. The average molecular weight is 374 g/mol. The van der Waals surface area contributed by atoms with Crippen molar-refractivity contribution in [3.8, 4) is 0 Å². The van der Waals surface area contributed by atoms with Gasteiger partial charge in [-0.05, 0) is 29.9 Å². The zero-order chi connectivity index (χ0) is 18.7. The molecule has 1 aliphatic heterocycles. The molecule has 2 N–H and O–H groups in total. The lowest BCUT2D eigenvalue weighted by atomic mass is 10.0. The summed E-state index contributed by atoms with van der Waals surface area (Å²) in [5, 5.41) is 6.49. The first-order valence-corrected chi connectivity index (χ1v) is 9.46. The lowest BCUT2D eigenvalue weighted by Gasteiger charge is -2.22. The van der Waals surface area contributed by atoms with E-state index in [4.69, 9.17) is 4.74 Å². The largest absolute Gasteiger partial charge is 0.372 e. The number of amides is 2. The Hall–Kier alpha value is -2.09. The number of thiophene rings is 1. The van der Waals surface area contributed by atoms with E-state index >= 15 is 0 Å². The van der Waals surface area contributed by atoms with E-state index in [2.05, 4.69) is 10.6 Å². The van der Waals surface area contributed by atoms with Crippen molar-refractivity contribution >= 4 is 39.0 Å². The lowest BCUT2D eigenvalue weighted by molar-refractivity contribution is -0.123. The van der Waals surface area contributed by atoms with Crippen LogP contribution in [0.3, 0.4) is 0 Å². The molecule has 1 aliphatic rings. The minimum Gasteiger partial charge on any atom is -0.372 e. The zero-order valence-corrected chi connectivity index (χ0v) is 15.6. The number of benzene rings is 1. The molecule has 0 saturated carbocycles. The molecule has 2 heterocycles. The van der Waals surface area contributed by atoms with Crippen LogP contribution < -0.4 is 10.6 Å². The van der Waals surface area contributed by atoms with Crippen LogP contribution in [-0.2, 0) is 14.3 Å². The molecule has 138 valence electrons. The molecular formula is C19H22N2O4S. The Morgan fingerprint density at radius 3 is 2.73 bits per heavy atom. The van der Waals surface area contributed by atoms with Gasteiger partial charge in [0.2, 0.25) is 5.91 Å². The van der Waals surface area contributed by atoms with E-state index in [0.717, 1.165) is 10.1 Å². The molecule has 2 amide bonds. The molecule has 0 unspecified atom stereocenters. The molecular weight excluding hydrogens is 352 g/mol. The fourth-order valence-electron chi connectivity index (χ4n) is 2.93. The minimum atomic E-state index is -0.621. The van der Waals surface area contributed by atoms with Gasteiger partial charge in [0.15, 0.2) is 5.78 Å². The van der Waals surface area contributed by atoms with Gasteiger partial charge in [0.05, 0.1) is 23.6 Å². The van der Waals surface area contributed by atoms with Crippen LogP contribution in [0.1, 0.15) is 29.9 Å². The van der Waals surface area contributed by atoms with Crippen LogP contribution in [0.2, 0.25) is 0 Å². The average Bonchev–Trinajstić information content (AvgIpc) is 3.20. The molecule has 1 fully saturated rings. The van der Waals surface area contributed by atoms with E-state index in [0.29, 0.717) is 11.3 Å². The van der Waals surface area contributed by atoms with Gasteiger partial charge < -0.3 is 4.74 Å². The minimum absolute atomic E-state index is 0.0639. The van der Waals surface area contributed by atoms with E-state index in [1.807, 2.05) is 38.1 Å². The zero-order valence-electron chi connectivity index (χ0n) is 14.8. The predicted molar refractivity (Wildman–Crippen MR) is 100 cm³/mol. The van der Waals surface area contributed by atoms with Crippen molar-refractivity contribution in [1.82, 2.24) is 10.6 Å². The maximum absolute atomic E-state index is 12.6. The van der Waals surface area contributed by atoms with Crippen LogP contribution in [0, 0.1) is 5.92 Å². The number of ketones is 1. The van der Waals surface area contributed by atoms with Crippen LogP contribution in [-0.4, -0.2) is 42.9 Å². The second-order valence-electron chi connectivity index (χ2n) is 6.85. The van der Waals surface area contributed by atoms with Crippen molar-refractivity contribution in [3.63, 3.8) is 0 Å². The van der Waals surface area contributed by atoms with Gasteiger partial charge in [0.1, 0.15) is 6.61 Å². The Kier molecular flexibility index (Phi) is 5.80. The second kappa shape index (κ2) is 8.07. The van der Waals surface area contributed by atoms with E-state index in [1.165, 1.54) is 11.3 Å². The van der Waals surface area contributed by atoms with E-state index in [9.17, 15) is 14.4 Å².